The SMILES string of the molecule is c1nc(CCNC2=NCCC2)no1. The molecule has 13 heavy (non-hydrogen) atoms. The van der Waals surface area contributed by atoms with Crippen LogP contribution in [0.4, 0.5) is 0 Å². The predicted octanol–water partition coefficient (Wildman–Crippen LogP) is 0.394. The van der Waals surface area contributed by atoms with Crippen molar-refractivity contribution in [1.82, 2.24) is 15.5 Å². The normalized spacial score (nSPS) is 15.8. The van der Waals surface area contributed by atoms with Crippen molar-refractivity contribution in [2.75, 3.05) is 13.1 Å². The lowest BCUT2D eigenvalue weighted by Crippen LogP contribution is -2.24. The summed E-state index contributed by atoms with van der Waals surface area (Å²) in [5.41, 5.74) is 0. The smallest absolute Gasteiger partial charge is 0.213 e. The molecule has 0 amide bonds. The van der Waals surface area contributed by atoms with Crippen molar-refractivity contribution in [1.29, 1.82) is 0 Å². The molecule has 2 rings (SSSR count). The van der Waals surface area contributed by atoms with Crippen LogP contribution in [0.5, 0.6) is 0 Å². The summed E-state index contributed by atoms with van der Waals surface area (Å²) in [5, 5.41) is 6.96. The Morgan fingerprint density at radius 3 is 3.23 bits per heavy atom. The minimum Gasteiger partial charge on any atom is -0.373 e. The zero-order valence-corrected chi connectivity index (χ0v) is 7.36. The van der Waals surface area contributed by atoms with E-state index in [-0.39, 0.29) is 0 Å². The molecule has 0 fully saturated rings. The highest BCUT2D eigenvalue weighted by Gasteiger charge is 2.05. The summed E-state index contributed by atoms with van der Waals surface area (Å²) in [5.74, 6) is 1.86. The highest BCUT2D eigenvalue weighted by atomic mass is 16.5. The van der Waals surface area contributed by atoms with E-state index in [2.05, 4.69) is 25.0 Å². The molecule has 0 radical (unpaired) electrons. The van der Waals surface area contributed by atoms with Crippen molar-refractivity contribution >= 4 is 5.84 Å². The number of hydrogen-bond donors (Lipinski definition) is 1. The van der Waals surface area contributed by atoms with Crippen molar-refractivity contribution in [3.8, 4) is 0 Å². The lowest BCUT2D eigenvalue weighted by Gasteiger charge is -2.02. The van der Waals surface area contributed by atoms with Crippen molar-refractivity contribution in [3.05, 3.63) is 12.2 Å². The molecule has 70 valence electrons. The molecule has 0 unspecified atom stereocenters. The van der Waals surface area contributed by atoms with Crippen LogP contribution in [0, 0.1) is 0 Å². The topological polar surface area (TPSA) is 63.3 Å². The van der Waals surface area contributed by atoms with Crippen LogP contribution in [0.25, 0.3) is 0 Å². The Hall–Kier alpha value is -1.39. The monoisotopic (exact) mass is 180 g/mol. The Labute approximate surface area is 76.2 Å². The summed E-state index contributed by atoms with van der Waals surface area (Å²) < 4.78 is 4.62. The largest absolute Gasteiger partial charge is 0.373 e. The summed E-state index contributed by atoms with van der Waals surface area (Å²) in [6, 6.07) is 0. The highest BCUT2D eigenvalue weighted by Crippen LogP contribution is 2.00. The van der Waals surface area contributed by atoms with Gasteiger partial charge in [-0.2, -0.15) is 4.98 Å². The number of rotatable bonds is 3. The quantitative estimate of drug-likeness (QED) is 0.731. The van der Waals surface area contributed by atoms with Gasteiger partial charge in [0.1, 0.15) is 0 Å². The molecule has 5 nitrogen and oxygen atoms in total. The molecule has 1 aliphatic heterocycles. The zero-order valence-electron chi connectivity index (χ0n) is 7.36. The number of amidine groups is 1. The molecular weight excluding hydrogens is 168 g/mol. The van der Waals surface area contributed by atoms with Crippen molar-refractivity contribution in [2.45, 2.75) is 19.3 Å². The first kappa shape index (κ1) is 8.22. The van der Waals surface area contributed by atoms with Gasteiger partial charge >= 0.3 is 0 Å². The zero-order chi connectivity index (χ0) is 8.93. The third kappa shape index (κ3) is 2.27. The fourth-order valence-corrected chi connectivity index (χ4v) is 1.31. The van der Waals surface area contributed by atoms with Gasteiger partial charge in [-0.15, -0.1) is 0 Å². The second kappa shape index (κ2) is 4.02. The summed E-state index contributed by atoms with van der Waals surface area (Å²) >= 11 is 0. The molecule has 1 aromatic rings. The van der Waals surface area contributed by atoms with Crippen LogP contribution in [0.1, 0.15) is 18.7 Å². The number of hydrogen-bond acceptors (Lipinski definition) is 5. The molecule has 1 aliphatic rings. The second-order valence-electron chi connectivity index (χ2n) is 2.96. The van der Waals surface area contributed by atoms with Gasteiger partial charge in [0, 0.05) is 25.9 Å². The predicted molar refractivity (Wildman–Crippen MR) is 47.5 cm³/mol. The molecule has 0 spiro atoms. The standard InChI is InChI=1S/C8H12N4O/c1-2-7(9-4-1)10-5-3-8-11-6-13-12-8/h6H,1-5H2,(H,9,10). The van der Waals surface area contributed by atoms with E-state index in [0.29, 0.717) is 0 Å². The van der Waals surface area contributed by atoms with Crippen LogP contribution in [-0.2, 0) is 6.42 Å². The average Bonchev–Trinajstić information content (AvgIpc) is 2.75. The fraction of sp³-hybridized carbons (Fsp3) is 0.625. The summed E-state index contributed by atoms with van der Waals surface area (Å²) in [6.07, 6.45) is 4.38. The van der Waals surface area contributed by atoms with Gasteiger partial charge in [0.15, 0.2) is 5.82 Å². The number of nitrogens with one attached hydrogen (secondary N) is 1. The van der Waals surface area contributed by atoms with Crippen molar-refractivity contribution < 1.29 is 4.52 Å². The first-order chi connectivity index (χ1) is 6.45. The molecule has 0 atom stereocenters. The van der Waals surface area contributed by atoms with Gasteiger partial charge in [0.05, 0.1) is 5.84 Å². The van der Waals surface area contributed by atoms with E-state index in [4.69, 9.17) is 0 Å². The van der Waals surface area contributed by atoms with Crippen LogP contribution >= 0.6 is 0 Å². The maximum atomic E-state index is 4.62. The van der Waals surface area contributed by atoms with E-state index in [1.54, 1.807) is 0 Å². The Bertz CT molecular complexity index is 280. The Morgan fingerprint density at radius 2 is 2.54 bits per heavy atom. The van der Waals surface area contributed by atoms with Gasteiger partial charge in [0.25, 0.3) is 0 Å². The lowest BCUT2D eigenvalue weighted by molar-refractivity contribution is 0.410. The molecule has 0 aromatic carbocycles. The first-order valence-corrected chi connectivity index (χ1v) is 4.47. The third-order valence-corrected chi connectivity index (χ3v) is 1.96. The molecule has 1 N–H and O–H groups in total. The summed E-state index contributed by atoms with van der Waals surface area (Å²) in [7, 11) is 0. The van der Waals surface area contributed by atoms with Gasteiger partial charge in [-0.1, -0.05) is 5.16 Å². The van der Waals surface area contributed by atoms with Gasteiger partial charge < -0.3 is 9.84 Å². The number of aromatic nitrogens is 2. The van der Waals surface area contributed by atoms with Crippen molar-refractivity contribution in [2.24, 2.45) is 4.99 Å². The molecule has 0 saturated carbocycles. The van der Waals surface area contributed by atoms with E-state index in [1.807, 2.05) is 0 Å². The molecule has 5 heteroatoms. The van der Waals surface area contributed by atoms with E-state index in [9.17, 15) is 0 Å². The summed E-state index contributed by atoms with van der Waals surface area (Å²) in [4.78, 5) is 8.22. The van der Waals surface area contributed by atoms with Gasteiger partial charge in [0.2, 0.25) is 6.39 Å². The minimum atomic E-state index is 0.742. The fourth-order valence-electron chi connectivity index (χ4n) is 1.31. The Morgan fingerprint density at radius 1 is 1.54 bits per heavy atom. The van der Waals surface area contributed by atoms with Gasteiger partial charge in [-0.25, -0.2) is 0 Å². The second-order valence-corrected chi connectivity index (χ2v) is 2.96. The summed E-state index contributed by atoms with van der Waals surface area (Å²) in [6.45, 7) is 1.79. The maximum Gasteiger partial charge on any atom is 0.213 e. The number of nitrogens with zero attached hydrogens (tertiary/aromatic N) is 3. The Balaban J connectivity index is 1.69. The van der Waals surface area contributed by atoms with E-state index in [0.717, 1.165) is 37.6 Å². The molecule has 0 saturated heterocycles. The average molecular weight is 180 g/mol. The van der Waals surface area contributed by atoms with Crippen LogP contribution in [0.3, 0.4) is 0 Å². The van der Waals surface area contributed by atoms with Crippen LogP contribution in [-0.4, -0.2) is 29.1 Å². The van der Waals surface area contributed by atoms with Crippen LogP contribution in [0.2, 0.25) is 0 Å². The van der Waals surface area contributed by atoms with Crippen LogP contribution in [0.15, 0.2) is 15.9 Å². The van der Waals surface area contributed by atoms with Gasteiger partial charge in [-0.3, -0.25) is 4.99 Å². The highest BCUT2D eigenvalue weighted by molar-refractivity contribution is 5.83. The first-order valence-electron chi connectivity index (χ1n) is 4.47. The van der Waals surface area contributed by atoms with E-state index < -0.39 is 0 Å². The van der Waals surface area contributed by atoms with Crippen LogP contribution < -0.4 is 5.32 Å². The maximum absolute atomic E-state index is 4.62. The van der Waals surface area contributed by atoms with Crippen molar-refractivity contribution in [3.63, 3.8) is 0 Å². The molecule has 2 heterocycles. The molecular formula is C8H12N4O. The number of aliphatic imine (C=N–C) groups is 1. The Kier molecular flexibility index (Phi) is 2.54. The molecule has 0 aliphatic carbocycles. The molecule has 1 aromatic heterocycles. The van der Waals surface area contributed by atoms with E-state index >= 15 is 0 Å². The molecule has 0 bridgehead atoms. The third-order valence-electron chi connectivity index (χ3n) is 1.96. The van der Waals surface area contributed by atoms with E-state index in [1.165, 1.54) is 12.8 Å². The van der Waals surface area contributed by atoms with Gasteiger partial charge in [-0.05, 0) is 6.42 Å². The minimum absolute atomic E-state index is 0.742. The lowest BCUT2D eigenvalue weighted by atomic mass is 10.3.